The predicted octanol–water partition coefficient (Wildman–Crippen LogP) is 3.72. The molecule has 1 N–H and O–H groups in total. The maximum atomic E-state index is 12.4. The van der Waals surface area contributed by atoms with Gasteiger partial charge in [-0.2, -0.15) is 0 Å². The largest absolute Gasteiger partial charge is 0.348 e. The number of piperidine rings is 1. The summed E-state index contributed by atoms with van der Waals surface area (Å²) in [6, 6.07) is 12.2. The first-order valence-electron chi connectivity index (χ1n) is 8.83. The molecule has 1 amide bonds. The van der Waals surface area contributed by atoms with Gasteiger partial charge in [0, 0.05) is 19.3 Å². The highest BCUT2D eigenvalue weighted by molar-refractivity contribution is 7.98. The molecule has 0 saturated carbocycles. The fourth-order valence-electron chi connectivity index (χ4n) is 3.14. The van der Waals surface area contributed by atoms with Crippen LogP contribution in [0.1, 0.15) is 40.7 Å². The standard InChI is InChI=1S/C20H25N3OS/c1-25-20-18(6-5-11-21-20)19(24)22-14-16-7-9-17(10-8-16)15-23-12-3-2-4-13-23/h5-11H,2-4,12-15H2,1H3,(H,22,24). The molecule has 1 aromatic heterocycles. The lowest BCUT2D eigenvalue weighted by Crippen LogP contribution is -2.29. The molecule has 1 aromatic carbocycles. The summed E-state index contributed by atoms with van der Waals surface area (Å²) in [7, 11) is 0. The molecule has 1 fully saturated rings. The summed E-state index contributed by atoms with van der Waals surface area (Å²) in [5, 5.41) is 3.75. The number of nitrogens with one attached hydrogen (secondary N) is 1. The van der Waals surface area contributed by atoms with Crippen molar-refractivity contribution in [3.63, 3.8) is 0 Å². The SMILES string of the molecule is CSc1ncccc1C(=O)NCc1ccc(CN2CCCCC2)cc1. The van der Waals surface area contributed by atoms with Crippen LogP contribution in [0.2, 0.25) is 0 Å². The van der Waals surface area contributed by atoms with Crippen molar-refractivity contribution >= 4 is 17.7 Å². The van der Waals surface area contributed by atoms with E-state index < -0.39 is 0 Å². The van der Waals surface area contributed by atoms with E-state index in [0.29, 0.717) is 12.1 Å². The van der Waals surface area contributed by atoms with Gasteiger partial charge in [0.15, 0.2) is 0 Å². The molecule has 5 heteroatoms. The van der Waals surface area contributed by atoms with Crippen LogP contribution in [-0.4, -0.2) is 35.1 Å². The van der Waals surface area contributed by atoms with Gasteiger partial charge in [-0.1, -0.05) is 30.7 Å². The number of likely N-dealkylation sites (tertiary alicyclic amines) is 1. The number of carbonyl (C=O) groups excluding carboxylic acids is 1. The van der Waals surface area contributed by atoms with Gasteiger partial charge < -0.3 is 5.32 Å². The summed E-state index contributed by atoms with van der Waals surface area (Å²) in [5.41, 5.74) is 3.09. The highest BCUT2D eigenvalue weighted by Gasteiger charge is 2.12. The van der Waals surface area contributed by atoms with Gasteiger partial charge in [-0.15, -0.1) is 11.8 Å². The molecule has 1 aliphatic heterocycles. The molecule has 2 heterocycles. The van der Waals surface area contributed by atoms with E-state index in [4.69, 9.17) is 0 Å². The van der Waals surface area contributed by atoms with Crippen LogP contribution in [0.4, 0.5) is 0 Å². The van der Waals surface area contributed by atoms with Crippen molar-refractivity contribution in [1.82, 2.24) is 15.2 Å². The van der Waals surface area contributed by atoms with Gasteiger partial charge in [0.2, 0.25) is 0 Å². The number of rotatable bonds is 6. The Morgan fingerprint density at radius 1 is 1.12 bits per heavy atom. The first kappa shape index (κ1) is 18.0. The second-order valence-corrected chi connectivity index (χ2v) is 7.19. The second kappa shape index (κ2) is 9.02. The molecule has 0 aliphatic carbocycles. The minimum Gasteiger partial charge on any atom is -0.348 e. The van der Waals surface area contributed by atoms with E-state index in [-0.39, 0.29) is 5.91 Å². The number of hydrogen-bond acceptors (Lipinski definition) is 4. The molecular formula is C20H25N3OS. The van der Waals surface area contributed by atoms with E-state index in [1.165, 1.54) is 49.7 Å². The Kier molecular flexibility index (Phi) is 6.48. The van der Waals surface area contributed by atoms with Gasteiger partial charge in [-0.3, -0.25) is 9.69 Å². The molecule has 3 rings (SSSR count). The fraction of sp³-hybridized carbons (Fsp3) is 0.400. The zero-order valence-electron chi connectivity index (χ0n) is 14.7. The van der Waals surface area contributed by atoms with Gasteiger partial charge in [0.25, 0.3) is 5.91 Å². The number of amides is 1. The number of carbonyl (C=O) groups is 1. The summed E-state index contributed by atoms with van der Waals surface area (Å²) in [6.45, 7) is 3.98. The van der Waals surface area contributed by atoms with E-state index in [2.05, 4.69) is 39.5 Å². The quantitative estimate of drug-likeness (QED) is 0.802. The van der Waals surface area contributed by atoms with Gasteiger partial charge in [-0.25, -0.2) is 4.98 Å². The Morgan fingerprint density at radius 3 is 2.56 bits per heavy atom. The first-order valence-corrected chi connectivity index (χ1v) is 10.1. The summed E-state index contributed by atoms with van der Waals surface area (Å²) in [4.78, 5) is 19.1. The van der Waals surface area contributed by atoms with Crippen molar-refractivity contribution in [2.75, 3.05) is 19.3 Å². The van der Waals surface area contributed by atoms with E-state index in [0.717, 1.165) is 17.1 Å². The van der Waals surface area contributed by atoms with Gasteiger partial charge in [0.1, 0.15) is 5.03 Å². The zero-order chi connectivity index (χ0) is 17.5. The summed E-state index contributed by atoms with van der Waals surface area (Å²) >= 11 is 1.49. The molecule has 0 bridgehead atoms. The fourth-order valence-corrected chi connectivity index (χ4v) is 3.69. The first-order chi connectivity index (χ1) is 12.3. The highest BCUT2D eigenvalue weighted by atomic mass is 32.2. The predicted molar refractivity (Wildman–Crippen MR) is 103 cm³/mol. The topological polar surface area (TPSA) is 45.2 Å². The lowest BCUT2D eigenvalue weighted by Gasteiger charge is -2.26. The monoisotopic (exact) mass is 355 g/mol. The smallest absolute Gasteiger partial charge is 0.254 e. The van der Waals surface area contributed by atoms with Crippen LogP contribution >= 0.6 is 11.8 Å². The van der Waals surface area contributed by atoms with Crippen molar-refractivity contribution in [2.24, 2.45) is 0 Å². The maximum absolute atomic E-state index is 12.4. The van der Waals surface area contributed by atoms with Gasteiger partial charge >= 0.3 is 0 Å². The van der Waals surface area contributed by atoms with Crippen LogP contribution in [0.5, 0.6) is 0 Å². The van der Waals surface area contributed by atoms with E-state index in [1.54, 1.807) is 12.3 Å². The van der Waals surface area contributed by atoms with Gasteiger partial charge in [-0.05, 0) is 55.4 Å². The van der Waals surface area contributed by atoms with E-state index in [1.807, 2.05) is 12.3 Å². The maximum Gasteiger partial charge on any atom is 0.254 e. The average Bonchev–Trinajstić information content (AvgIpc) is 2.68. The number of nitrogens with zero attached hydrogens (tertiary/aromatic N) is 2. The van der Waals surface area contributed by atoms with Crippen LogP contribution in [0.25, 0.3) is 0 Å². The van der Waals surface area contributed by atoms with E-state index in [9.17, 15) is 4.79 Å². The molecule has 0 unspecified atom stereocenters. The number of pyridine rings is 1. The molecule has 2 aromatic rings. The van der Waals surface area contributed by atoms with Crippen molar-refractivity contribution in [2.45, 2.75) is 37.4 Å². The number of thioether (sulfide) groups is 1. The Labute approximate surface area is 154 Å². The molecular weight excluding hydrogens is 330 g/mol. The summed E-state index contributed by atoms with van der Waals surface area (Å²) < 4.78 is 0. The Morgan fingerprint density at radius 2 is 1.84 bits per heavy atom. The zero-order valence-corrected chi connectivity index (χ0v) is 15.5. The number of hydrogen-bond donors (Lipinski definition) is 1. The van der Waals surface area contributed by atoms with Crippen LogP contribution in [0.3, 0.4) is 0 Å². The van der Waals surface area contributed by atoms with Crippen LogP contribution in [-0.2, 0) is 13.1 Å². The lowest BCUT2D eigenvalue weighted by molar-refractivity contribution is 0.0947. The minimum absolute atomic E-state index is 0.0742. The second-order valence-electron chi connectivity index (χ2n) is 6.40. The highest BCUT2D eigenvalue weighted by Crippen LogP contribution is 2.17. The molecule has 0 atom stereocenters. The Hall–Kier alpha value is -1.85. The lowest BCUT2D eigenvalue weighted by atomic mass is 10.1. The molecule has 132 valence electrons. The third kappa shape index (κ3) is 5.06. The van der Waals surface area contributed by atoms with Crippen molar-refractivity contribution in [1.29, 1.82) is 0 Å². The minimum atomic E-state index is -0.0742. The van der Waals surface area contributed by atoms with E-state index >= 15 is 0 Å². The molecule has 1 saturated heterocycles. The van der Waals surface area contributed by atoms with Crippen LogP contribution in [0, 0.1) is 0 Å². The average molecular weight is 356 g/mol. The number of aromatic nitrogens is 1. The summed E-state index contributed by atoms with van der Waals surface area (Å²) in [6.07, 6.45) is 7.64. The molecule has 1 aliphatic rings. The van der Waals surface area contributed by atoms with Crippen molar-refractivity contribution in [3.8, 4) is 0 Å². The Balaban J connectivity index is 1.53. The molecule has 0 spiro atoms. The number of benzene rings is 1. The van der Waals surface area contributed by atoms with Crippen molar-refractivity contribution in [3.05, 3.63) is 59.3 Å². The normalized spacial score (nSPS) is 15.1. The van der Waals surface area contributed by atoms with Gasteiger partial charge in [0.05, 0.1) is 5.56 Å². The molecule has 4 nitrogen and oxygen atoms in total. The third-order valence-electron chi connectivity index (χ3n) is 4.54. The molecule has 0 radical (unpaired) electrons. The summed E-state index contributed by atoms with van der Waals surface area (Å²) in [5.74, 6) is -0.0742. The van der Waals surface area contributed by atoms with Crippen molar-refractivity contribution < 1.29 is 4.79 Å². The molecule has 25 heavy (non-hydrogen) atoms. The van der Waals surface area contributed by atoms with Crippen LogP contribution in [0.15, 0.2) is 47.6 Å². The van der Waals surface area contributed by atoms with Crippen LogP contribution < -0.4 is 5.32 Å². The Bertz CT molecular complexity index is 696. The third-order valence-corrected chi connectivity index (χ3v) is 5.25.